The third-order valence-corrected chi connectivity index (χ3v) is 7.02. The first-order valence-electron chi connectivity index (χ1n) is 12.0. The second-order valence-corrected chi connectivity index (χ2v) is 9.48. The van der Waals surface area contributed by atoms with Gasteiger partial charge in [-0.3, -0.25) is 14.6 Å². The number of carbonyl (C=O) groups excluding carboxylic acids is 1. The number of nitrogens with zero attached hydrogens (tertiary/aromatic N) is 4. The molecule has 0 aromatic heterocycles. The van der Waals surface area contributed by atoms with E-state index in [9.17, 15) is 9.18 Å². The van der Waals surface area contributed by atoms with Crippen molar-refractivity contribution in [2.45, 2.75) is 19.0 Å². The van der Waals surface area contributed by atoms with Crippen molar-refractivity contribution < 1.29 is 9.18 Å². The maximum atomic E-state index is 13.5. The van der Waals surface area contributed by atoms with E-state index in [1.54, 1.807) is 17.1 Å². The van der Waals surface area contributed by atoms with Crippen LogP contribution in [-0.2, 0) is 11.3 Å². The summed E-state index contributed by atoms with van der Waals surface area (Å²) in [6.07, 6.45) is 0.534. The zero-order chi connectivity index (χ0) is 24.2. The average molecular weight is 491 g/mol. The van der Waals surface area contributed by atoms with Crippen molar-refractivity contribution in [3.8, 4) is 0 Å². The van der Waals surface area contributed by atoms with Gasteiger partial charge >= 0.3 is 0 Å². The van der Waals surface area contributed by atoms with Crippen molar-refractivity contribution in [2.75, 3.05) is 32.7 Å². The fraction of sp³-hybridized carbons (Fsp3) is 0.286. The van der Waals surface area contributed by atoms with E-state index in [2.05, 4.69) is 34.1 Å². The van der Waals surface area contributed by atoms with Crippen LogP contribution in [0.1, 0.15) is 29.2 Å². The van der Waals surface area contributed by atoms with E-state index >= 15 is 0 Å². The Morgan fingerprint density at radius 3 is 2.26 bits per heavy atom. The van der Waals surface area contributed by atoms with Crippen LogP contribution in [0.4, 0.5) is 4.39 Å². The van der Waals surface area contributed by atoms with Crippen LogP contribution in [0.2, 0.25) is 5.02 Å². The number of carbonyl (C=O) groups is 1. The number of piperazine rings is 1. The third kappa shape index (κ3) is 5.61. The molecule has 5 nitrogen and oxygen atoms in total. The summed E-state index contributed by atoms with van der Waals surface area (Å²) >= 11 is 6.51. The molecule has 2 aliphatic heterocycles. The second-order valence-electron chi connectivity index (χ2n) is 9.07. The number of rotatable bonds is 6. The molecule has 1 atom stereocenters. The predicted octanol–water partition coefficient (Wildman–Crippen LogP) is 4.97. The molecule has 0 bridgehead atoms. The van der Waals surface area contributed by atoms with Gasteiger partial charge < -0.3 is 0 Å². The number of hydrogen-bond donors (Lipinski definition) is 0. The lowest BCUT2D eigenvalue weighted by Gasteiger charge is -2.35. The van der Waals surface area contributed by atoms with Gasteiger partial charge in [-0.2, -0.15) is 5.10 Å². The Balaban J connectivity index is 1.28. The number of hydrazone groups is 1. The van der Waals surface area contributed by atoms with Crippen LogP contribution in [0.5, 0.6) is 0 Å². The molecule has 0 saturated carbocycles. The van der Waals surface area contributed by atoms with Crippen LogP contribution in [-0.4, -0.2) is 59.2 Å². The zero-order valence-corrected chi connectivity index (χ0v) is 20.2. The van der Waals surface area contributed by atoms with Gasteiger partial charge in [-0.15, -0.1) is 0 Å². The fourth-order valence-electron chi connectivity index (χ4n) is 4.76. The first-order chi connectivity index (χ1) is 17.1. The number of halogens is 2. The Morgan fingerprint density at radius 2 is 1.54 bits per heavy atom. The Morgan fingerprint density at radius 1 is 0.886 bits per heavy atom. The van der Waals surface area contributed by atoms with Crippen LogP contribution in [0.3, 0.4) is 0 Å². The summed E-state index contributed by atoms with van der Waals surface area (Å²) < 4.78 is 13.5. The Labute approximate surface area is 210 Å². The molecule has 2 aliphatic rings. The molecule has 1 fully saturated rings. The number of amides is 1. The molecule has 5 rings (SSSR count). The minimum absolute atomic E-state index is 0.0523. The Kier molecular flexibility index (Phi) is 7.23. The van der Waals surface area contributed by atoms with Crippen LogP contribution in [0.25, 0.3) is 0 Å². The molecular weight excluding hydrogens is 463 g/mol. The van der Waals surface area contributed by atoms with E-state index in [0.717, 1.165) is 49.6 Å². The average Bonchev–Trinajstić information content (AvgIpc) is 3.32. The highest BCUT2D eigenvalue weighted by atomic mass is 35.5. The van der Waals surface area contributed by atoms with Gasteiger partial charge in [-0.1, -0.05) is 72.3 Å². The molecule has 0 spiro atoms. The lowest BCUT2D eigenvalue weighted by molar-refractivity contribution is -0.134. The molecule has 35 heavy (non-hydrogen) atoms. The minimum atomic E-state index is -0.297. The van der Waals surface area contributed by atoms with Crippen LogP contribution >= 0.6 is 11.6 Å². The number of hydrogen-bond acceptors (Lipinski definition) is 4. The highest BCUT2D eigenvalue weighted by Crippen LogP contribution is 2.36. The minimum Gasteiger partial charge on any atom is -0.297 e. The van der Waals surface area contributed by atoms with Gasteiger partial charge in [0.1, 0.15) is 5.82 Å². The molecule has 1 saturated heterocycles. The number of benzene rings is 3. The molecule has 0 unspecified atom stereocenters. The maximum absolute atomic E-state index is 13.5. The lowest BCUT2D eigenvalue weighted by atomic mass is 9.98. The highest BCUT2D eigenvalue weighted by molar-refractivity contribution is 6.31. The van der Waals surface area contributed by atoms with Gasteiger partial charge in [-0.25, -0.2) is 9.40 Å². The molecule has 0 aliphatic carbocycles. The molecule has 2 heterocycles. The van der Waals surface area contributed by atoms with E-state index in [-0.39, 0.29) is 17.8 Å². The standard InChI is InChI=1S/C28H28ClFN4O/c29-25-9-5-4-8-24(25)27-18-26(22-10-12-23(30)13-11-22)31-34(27)28(35)20-33-16-14-32(15-17-33)19-21-6-2-1-3-7-21/h1-13,27H,14-20H2/t27-/m0/s1. The van der Waals surface area contributed by atoms with Crippen LogP contribution < -0.4 is 0 Å². The summed E-state index contributed by atoms with van der Waals surface area (Å²) in [5, 5.41) is 6.90. The van der Waals surface area contributed by atoms with Crippen LogP contribution in [0.15, 0.2) is 84.0 Å². The van der Waals surface area contributed by atoms with E-state index in [4.69, 9.17) is 16.7 Å². The predicted molar refractivity (Wildman–Crippen MR) is 137 cm³/mol. The summed E-state index contributed by atoms with van der Waals surface area (Å²) in [4.78, 5) is 18.1. The molecule has 1 amide bonds. The fourth-order valence-corrected chi connectivity index (χ4v) is 5.02. The zero-order valence-electron chi connectivity index (χ0n) is 19.5. The topological polar surface area (TPSA) is 39.2 Å². The largest absolute Gasteiger partial charge is 0.297 e. The first kappa shape index (κ1) is 23.7. The lowest BCUT2D eigenvalue weighted by Crippen LogP contribution is -2.49. The van der Waals surface area contributed by atoms with Crippen molar-refractivity contribution in [3.63, 3.8) is 0 Å². The van der Waals surface area contributed by atoms with E-state index in [1.165, 1.54) is 17.7 Å². The van der Waals surface area contributed by atoms with Gasteiger partial charge in [-0.05, 0) is 34.9 Å². The summed E-state index contributed by atoms with van der Waals surface area (Å²) in [7, 11) is 0. The van der Waals surface area contributed by atoms with Crippen molar-refractivity contribution >= 4 is 23.2 Å². The highest BCUT2D eigenvalue weighted by Gasteiger charge is 2.35. The molecule has 0 radical (unpaired) electrons. The van der Waals surface area contributed by atoms with Gasteiger partial charge in [0.15, 0.2) is 0 Å². The summed E-state index contributed by atoms with van der Waals surface area (Å²) in [5.74, 6) is -0.349. The van der Waals surface area contributed by atoms with Gasteiger partial charge in [0.25, 0.3) is 5.91 Å². The normalized spacial score (nSPS) is 19.1. The van der Waals surface area contributed by atoms with E-state index < -0.39 is 0 Å². The van der Waals surface area contributed by atoms with E-state index in [0.29, 0.717) is 18.0 Å². The van der Waals surface area contributed by atoms with Gasteiger partial charge in [0.2, 0.25) is 0 Å². The molecule has 0 N–H and O–H groups in total. The van der Waals surface area contributed by atoms with Gasteiger partial charge in [0.05, 0.1) is 18.3 Å². The van der Waals surface area contributed by atoms with Crippen LogP contribution in [0, 0.1) is 5.82 Å². The van der Waals surface area contributed by atoms with Gasteiger partial charge in [0, 0.05) is 44.2 Å². The third-order valence-electron chi connectivity index (χ3n) is 6.68. The first-order valence-corrected chi connectivity index (χ1v) is 12.3. The molecular formula is C28H28ClFN4O. The summed E-state index contributed by atoms with van der Waals surface area (Å²) in [6.45, 7) is 4.73. The smallest absolute Gasteiger partial charge is 0.257 e. The summed E-state index contributed by atoms with van der Waals surface area (Å²) in [5.41, 5.74) is 3.75. The Hall–Kier alpha value is -3.06. The molecule has 7 heteroatoms. The second kappa shape index (κ2) is 10.7. The summed E-state index contributed by atoms with van der Waals surface area (Å²) in [6, 6.07) is 24.0. The van der Waals surface area contributed by atoms with Crippen molar-refractivity contribution in [1.82, 2.24) is 14.8 Å². The monoisotopic (exact) mass is 490 g/mol. The van der Waals surface area contributed by atoms with Crippen molar-refractivity contribution in [3.05, 3.63) is 106 Å². The molecule has 3 aromatic rings. The van der Waals surface area contributed by atoms with E-state index in [1.807, 2.05) is 30.3 Å². The molecule has 180 valence electrons. The quantitative estimate of drug-likeness (QED) is 0.489. The van der Waals surface area contributed by atoms with Crippen molar-refractivity contribution in [1.29, 1.82) is 0 Å². The van der Waals surface area contributed by atoms with Crippen molar-refractivity contribution in [2.24, 2.45) is 5.10 Å². The Bertz CT molecular complexity index is 1190. The SMILES string of the molecule is O=C(CN1CCN(Cc2ccccc2)CC1)N1N=C(c2ccc(F)cc2)C[C@H]1c1ccccc1Cl. The molecule has 3 aromatic carbocycles. The maximum Gasteiger partial charge on any atom is 0.257 e.